The summed E-state index contributed by atoms with van der Waals surface area (Å²) in [6, 6.07) is 20.3. The lowest BCUT2D eigenvalue weighted by Gasteiger charge is -2.48. The van der Waals surface area contributed by atoms with Gasteiger partial charge in [0.2, 0.25) is 5.91 Å². The van der Waals surface area contributed by atoms with Crippen LogP contribution in [0, 0.1) is 24.2 Å². The first-order valence-corrected chi connectivity index (χ1v) is 17.0. The molecule has 0 aromatic heterocycles. The summed E-state index contributed by atoms with van der Waals surface area (Å²) in [5.41, 5.74) is 2.84. The van der Waals surface area contributed by atoms with Crippen LogP contribution >= 0.6 is 0 Å². The van der Waals surface area contributed by atoms with Gasteiger partial charge in [0.15, 0.2) is 9.84 Å². The van der Waals surface area contributed by atoms with Gasteiger partial charge in [0.05, 0.1) is 18.3 Å². The molecule has 7 heteroatoms. The van der Waals surface area contributed by atoms with Crippen LogP contribution in [0.3, 0.4) is 0 Å². The number of carbonyl (C=O) groups excluding carboxylic acids is 2. The quantitative estimate of drug-likeness (QED) is 0.323. The van der Waals surface area contributed by atoms with Crippen LogP contribution < -0.4 is 10.1 Å². The van der Waals surface area contributed by atoms with Gasteiger partial charge in [-0.25, -0.2) is 8.42 Å². The van der Waals surface area contributed by atoms with Gasteiger partial charge in [-0.15, -0.1) is 0 Å². The van der Waals surface area contributed by atoms with E-state index in [0.29, 0.717) is 41.0 Å². The summed E-state index contributed by atoms with van der Waals surface area (Å²) in [6.07, 6.45) is 5.15. The Morgan fingerprint density at radius 2 is 1.74 bits per heavy atom. The summed E-state index contributed by atoms with van der Waals surface area (Å²) >= 11 is 0. The average molecular weight is 600 g/mol. The fourth-order valence-corrected chi connectivity index (χ4v) is 10.2. The largest absolute Gasteiger partial charge is 0.495 e. The van der Waals surface area contributed by atoms with E-state index in [1.54, 1.807) is 19.1 Å². The van der Waals surface area contributed by atoms with Gasteiger partial charge in [-0.3, -0.25) is 9.59 Å². The smallest absolute Gasteiger partial charge is 0.235 e. The molecule has 3 aliphatic rings. The number of Topliss-reactive ketones (excluding diaryl/α,β-unsaturated/α-hetero) is 1. The molecular weight excluding hydrogens is 558 g/mol. The molecule has 1 N–H and O–H groups in total. The molecule has 1 amide bonds. The van der Waals surface area contributed by atoms with E-state index in [9.17, 15) is 18.0 Å². The first kappa shape index (κ1) is 29.6. The molecule has 6 nitrogen and oxygen atoms in total. The number of nitrogens with one attached hydrogen (secondary N) is 1. The van der Waals surface area contributed by atoms with E-state index in [-0.39, 0.29) is 22.1 Å². The second kappa shape index (κ2) is 10.9. The van der Waals surface area contributed by atoms with Crippen molar-refractivity contribution in [3.05, 3.63) is 89.0 Å². The lowest BCUT2D eigenvalue weighted by atomic mass is 9.55. The molecule has 3 aromatic carbocycles. The number of carbonyl (C=O) groups is 2. The maximum atomic E-state index is 14.4. The molecule has 5 atom stereocenters. The van der Waals surface area contributed by atoms with E-state index >= 15 is 0 Å². The second-order valence-electron chi connectivity index (χ2n) is 13.3. The third-order valence-electron chi connectivity index (χ3n) is 10.8. The second-order valence-corrected chi connectivity index (χ2v) is 15.3. The maximum Gasteiger partial charge on any atom is 0.235 e. The van der Waals surface area contributed by atoms with Gasteiger partial charge in [-0.05, 0) is 105 Å². The number of rotatable bonds is 7. The topological polar surface area (TPSA) is 89.5 Å². The summed E-state index contributed by atoms with van der Waals surface area (Å²) < 4.78 is 34.6. The van der Waals surface area contributed by atoms with Crippen molar-refractivity contribution in [2.75, 3.05) is 18.2 Å². The van der Waals surface area contributed by atoms with Crippen molar-refractivity contribution >= 4 is 27.2 Å². The zero-order valence-electron chi connectivity index (χ0n) is 25.5. The van der Waals surface area contributed by atoms with E-state index in [4.69, 9.17) is 4.74 Å². The number of anilines is 1. The Balaban J connectivity index is 1.39. The van der Waals surface area contributed by atoms with Crippen molar-refractivity contribution in [2.45, 2.75) is 75.5 Å². The van der Waals surface area contributed by atoms with Crippen LogP contribution in [-0.4, -0.2) is 33.0 Å². The van der Waals surface area contributed by atoms with Gasteiger partial charge < -0.3 is 10.1 Å². The molecule has 0 saturated heterocycles. The first-order chi connectivity index (χ1) is 20.5. The van der Waals surface area contributed by atoms with Crippen LogP contribution in [0.2, 0.25) is 0 Å². The average Bonchev–Trinajstić information content (AvgIpc) is 3.30. The summed E-state index contributed by atoms with van der Waals surface area (Å²) in [5.74, 6) is 0.849. The third-order valence-corrected chi connectivity index (χ3v) is 12.7. The van der Waals surface area contributed by atoms with Crippen molar-refractivity contribution in [1.29, 1.82) is 0 Å². The SMILES string of the molecule is COc1cc2c(cc1S(=O)(=O)C[C@@](C)(C(=O)Nc1ccccc1)c1ccc(C)cc1)[C@H]1CC[C@]3(C)C(=O)CC[C@H]3[C@@H]1CC2. The number of hydrogen-bond acceptors (Lipinski definition) is 5. The van der Waals surface area contributed by atoms with E-state index in [2.05, 4.69) is 12.2 Å². The Morgan fingerprint density at radius 3 is 2.44 bits per heavy atom. The Hall–Kier alpha value is -3.45. The number of amides is 1. The molecule has 3 aromatic rings. The minimum Gasteiger partial charge on any atom is -0.495 e. The fraction of sp³-hybridized carbons (Fsp3) is 0.444. The summed E-state index contributed by atoms with van der Waals surface area (Å²) in [6.45, 7) is 5.81. The summed E-state index contributed by atoms with van der Waals surface area (Å²) in [5, 5.41) is 2.95. The molecule has 2 fully saturated rings. The number of ketones is 1. The van der Waals surface area contributed by atoms with Crippen LogP contribution in [0.25, 0.3) is 0 Å². The minimum atomic E-state index is -4.01. The van der Waals surface area contributed by atoms with Gasteiger partial charge in [-0.1, -0.05) is 55.0 Å². The highest BCUT2D eigenvalue weighted by atomic mass is 32.2. The first-order valence-electron chi connectivity index (χ1n) is 15.4. The van der Waals surface area contributed by atoms with Crippen molar-refractivity contribution < 1.29 is 22.7 Å². The highest BCUT2D eigenvalue weighted by Gasteiger charge is 2.54. The number of hydrogen-bond donors (Lipinski definition) is 1. The van der Waals surface area contributed by atoms with Gasteiger partial charge >= 0.3 is 0 Å². The fourth-order valence-electron chi connectivity index (χ4n) is 8.20. The maximum absolute atomic E-state index is 14.4. The highest BCUT2D eigenvalue weighted by molar-refractivity contribution is 7.91. The predicted molar refractivity (Wildman–Crippen MR) is 168 cm³/mol. The molecule has 0 spiro atoms. The van der Waals surface area contributed by atoms with Crippen LogP contribution in [0.15, 0.2) is 71.6 Å². The number of sulfone groups is 1. The molecule has 6 rings (SSSR count). The number of methoxy groups -OCH3 is 1. The minimum absolute atomic E-state index is 0.135. The standard InChI is InChI=1S/C36H41NO5S/c1-23-10-13-25(14-11-23)36(3,34(39)37-26-8-6-5-7-9-26)22-43(40,41)32-21-29-24(20-31(32)42-4)12-15-28-27(29)18-19-35(2)30(28)16-17-33(35)38/h5-11,13-14,20-21,27-28,30H,12,15-19,22H2,1-4H3,(H,37,39)/t27-,28+,30-,35-,36+/m0/s1. The van der Waals surface area contributed by atoms with E-state index in [1.807, 2.05) is 61.5 Å². The molecular formula is C36H41NO5S. The van der Waals surface area contributed by atoms with Gasteiger partial charge in [0.1, 0.15) is 16.4 Å². The van der Waals surface area contributed by atoms with Crippen LogP contribution in [0.4, 0.5) is 5.69 Å². The number of benzene rings is 3. The molecule has 2 saturated carbocycles. The molecule has 0 radical (unpaired) electrons. The third kappa shape index (κ3) is 5.09. The number of ether oxygens (including phenoxy) is 1. The van der Waals surface area contributed by atoms with Crippen molar-refractivity contribution in [1.82, 2.24) is 0 Å². The number of aryl methyl sites for hydroxylation is 2. The summed E-state index contributed by atoms with van der Waals surface area (Å²) in [7, 11) is -2.50. The van der Waals surface area contributed by atoms with Crippen molar-refractivity contribution in [3.63, 3.8) is 0 Å². The summed E-state index contributed by atoms with van der Waals surface area (Å²) in [4.78, 5) is 26.9. The Bertz CT molecular complexity index is 1670. The normalized spacial score (nSPS) is 26.0. The van der Waals surface area contributed by atoms with Gasteiger partial charge in [0, 0.05) is 17.5 Å². The predicted octanol–water partition coefficient (Wildman–Crippen LogP) is 6.80. The Morgan fingerprint density at radius 1 is 1.02 bits per heavy atom. The molecule has 0 aliphatic heterocycles. The Labute approximate surface area is 255 Å². The molecule has 0 bridgehead atoms. The molecule has 226 valence electrons. The zero-order valence-corrected chi connectivity index (χ0v) is 26.3. The van der Waals surface area contributed by atoms with Gasteiger partial charge in [0.25, 0.3) is 0 Å². The van der Waals surface area contributed by atoms with E-state index < -0.39 is 21.0 Å². The molecule has 0 unspecified atom stereocenters. The molecule has 0 heterocycles. The van der Waals surface area contributed by atoms with Crippen molar-refractivity contribution in [3.8, 4) is 5.75 Å². The lowest BCUT2D eigenvalue weighted by molar-refractivity contribution is -0.129. The monoisotopic (exact) mass is 599 g/mol. The molecule has 43 heavy (non-hydrogen) atoms. The van der Waals surface area contributed by atoms with Crippen LogP contribution in [0.5, 0.6) is 5.75 Å². The van der Waals surface area contributed by atoms with Crippen LogP contribution in [-0.2, 0) is 31.3 Å². The number of para-hydroxylation sites is 1. The Kier molecular flexibility index (Phi) is 7.52. The molecule has 3 aliphatic carbocycles. The zero-order chi connectivity index (χ0) is 30.6. The number of fused-ring (bicyclic) bond motifs is 5. The highest BCUT2D eigenvalue weighted by Crippen LogP contribution is 2.60. The van der Waals surface area contributed by atoms with Crippen molar-refractivity contribution in [2.24, 2.45) is 17.3 Å². The van der Waals surface area contributed by atoms with Gasteiger partial charge in [-0.2, -0.15) is 0 Å². The van der Waals surface area contributed by atoms with E-state index in [1.165, 1.54) is 7.11 Å². The van der Waals surface area contributed by atoms with Crippen LogP contribution in [0.1, 0.15) is 74.1 Å². The van der Waals surface area contributed by atoms with E-state index in [0.717, 1.165) is 48.8 Å². The lowest BCUT2D eigenvalue weighted by Crippen LogP contribution is -2.44.